The molecule has 1 aliphatic heterocycles. The van der Waals surface area contributed by atoms with Crippen LogP contribution >= 0.6 is 23.2 Å². The average molecular weight is 493 g/mol. The van der Waals surface area contributed by atoms with Gasteiger partial charge in [-0.1, -0.05) is 53.5 Å². The van der Waals surface area contributed by atoms with Crippen molar-refractivity contribution in [3.8, 4) is 17.6 Å². The molecule has 5 nitrogen and oxygen atoms in total. The molecule has 1 heterocycles. The van der Waals surface area contributed by atoms with Crippen LogP contribution in [-0.2, 0) is 17.8 Å². The van der Waals surface area contributed by atoms with Gasteiger partial charge in [-0.05, 0) is 66.4 Å². The van der Waals surface area contributed by atoms with E-state index in [0.29, 0.717) is 40.3 Å². The van der Waals surface area contributed by atoms with Gasteiger partial charge < -0.3 is 14.4 Å². The molecule has 1 aliphatic rings. The van der Waals surface area contributed by atoms with Crippen molar-refractivity contribution in [1.29, 1.82) is 5.26 Å². The fourth-order valence-electron chi connectivity index (χ4n) is 3.80. The lowest BCUT2D eigenvalue weighted by Crippen LogP contribution is -2.29. The fourth-order valence-corrected chi connectivity index (χ4v) is 4.12. The number of fused-ring (bicyclic) bond motifs is 1. The van der Waals surface area contributed by atoms with Crippen molar-refractivity contribution in [1.82, 2.24) is 0 Å². The largest absolute Gasteiger partial charge is 0.490 e. The zero-order valence-electron chi connectivity index (χ0n) is 18.6. The standard InChI is InChI=1S/C27H22Cl2N2O3/c1-2-33-26-15-18(8-10-25(26)34-17-19-7-9-22(28)23(29)14-19)13-21(16-30)27(32)31-12-11-20-5-3-4-6-24(20)31/h3-10,13-15H,2,11-12,17H2,1H3/b21-13+. The molecular weight excluding hydrogens is 471 g/mol. The summed E-state index contributed by atoms with van der Waals surface area (Å²) in [4.78, 5) is 14.7. The van der Waals surface area contributed by atoms with Gasteiger partial charge in [-0.25, -0.2) is 0 Å². The predicted molar refractivity (Wildman–Crippen MR) is 134 cm³/mol. The Labute approximate surface area is 208 Å². The van der Waals surface area contributed by atoms with Crippen molar-refractivity contribution >= 4 is 40.9 Å². The number of hydrogen-bond donors (Lipinski definition) is 0. The van der Waals surface area contributed by atoms with E-state index in [1.165, 1.54) is 0 Å². The molecule has 7 heteroatoms. The molecule has 0 atom stereocenters. The van der Waals surface area contributed by atoms with Gasteiger partial charge in [-0.3, -0.25) is 4.79 Å². The minimum absolute atomic E-state index is 0.0589. The number of nitrogens with zero attached hydrogens (tertiary/aromatic N) is 2. The van der Waals surface area contributed by atoms with Crippen molar-refractivity contribution in [2.24, 2.45) is 0 Å². The van der Waals surface area contributed by atoms with Gasteiger partial charge in [0.1, 0.15) is 18.2 Å². The zero-order valence-corrected chi connectivity index (χ0v) is 20.1. The highest BCUT2D eigenvalue weighted by molar-refractivity contribution is 6.42. The van der Waals surface area contributed by atoms with Crippen molar-refractivity contribution in [3.05, 3.63) is 93.0 Å². The Morgan fingerprint density at radius 3 is 2.65 bits per heavy atom. The number of amides is 1. The molecule has 0 saturated heterocycles. The molecule has 0 aromatic heterocycles. The Morgan fingerprint density at radius 1 is 1.06 bits per heavy atom. The van der Waals surface area contributed by atoms with Gasteiger partial charge >= 0.3 is 0 Å². The number of rotatable bonds is 7. The van der Waals surface area contributed by atoms with Gasteiger partial charge in [-0.2, -0.15) is 5.26 Å². The third-order valence-corrected chi connectivity index (χ3v) is 6.18. The van der Waals surface area contributed by atoms with E-state index in [2.05, 4.69) is 6.07 Å². The maximum atomic E-state index is 13.1. The van der Waals surface area contributed by atoms with E-state index in [1.54, 1.807) is 41.3 Å². The minimum atomic E-state index is -0.314. The summed E-state index contributed by atoms with van der Waals surface area (Å²) in [6.45, 7) is 3.15. The Kier molecular flexibility index (Phi) is 7.42. The number of carbonyl (C=O) groups is 1. The number of hydrogen-bond acceptors (Lipinski definition) is 4. The quantitative estimate of drug-likeness (QED) is 0.280. The van der Waals surface area contributed by atoms with Gasteiger partial charge in [-0.15, -0.1) is 0 Å². The highest BCUT2D eigenvalue weighted by atomic mass is 35.5. The number of ether oxygens (including phenoxy) is 2. The van der Waals surface area contributed by atoms with Gasteiger partial charge in [0, 0.05) is 12.2 Å². The van der Waals surface area contributed by atoms with Crippen LogP contribution < -0.4 is 14.4 Å². The van der Waals surface area contributed by atoms with Gasteiger partial charge in [0.25, 0.3) is 5.91 Å². The second kappa shape index (κ2) is 10.6. The summed E-state index contributed by atoms with van der Waals surface area (Å²) in [7, 11) is 0. The third-order valence-electron chi connectivity index (χ3n) is 5.44. The fraction of sp³-hybridized carbons (Fsp3) is 0.185. The molecule has 0 aliphatic carbocycles. The first-order chi connectivity index (χ1) is 16.5. The summed E-state index contributed by atoms with van der Waals surface area (Å²) in [6, 6.07) is 20.4. The van der Waals surface area contributed by atoms with Crippen LogP contribution in [0.2, 0.25) is 10.0 Å². The summed E-state index contributed by atoms with van der Waals surface area (Å²) in [5.74, 6) is 0.751. The van der Waals surface area contributed by atoms with Crippen LogP contribution in [0.4, 0.5) is 5.69 Å². The molecule has 0 radical (unpaired) electrons. The van der Waals surface area contributed by atoms with Crippen molar-refractivity contribution in [3.63, 3.8) is 0 Å². The Bertz CT molecular complexity index is 1300. The predicted octanol–water partition coefficient (Wildman–Crippen LogP) is 6.47. The third kappa shape index (κ3) is 5.20. The average Bonchev–Trinajstić information content (AvgIpc) is 3.28. The van der Waals surface area contributed by atoms with Crippen LogP contribution in [0.15, 0.2) is 66.2 Å². The van der Waals surface area contributed by atoms with E-state index in [-0.39, 0.29) is 18.1 Å². The van der Waals surface area contributed by atoms with Crippen LogP contribution in [0, 0.1) is 11.3 Å². The first kappa shape index (κ1) is 23.7. The summed E-state index contributed by atoms with van der Waals surface area (Å²) in [5.41, 5.74) is 3.56. The zero-order chi connectivity index (χ0) is 24.1. The van der Waals surface area contributed by atoms with Crippen molar-refractivity contribution < 1.29 is 14.3 Å². The highest BCUT2D eigenvalue weighted by Gasteiger charge is 2.26. The highest BCUT2D eigenvalue weighted by Crippen LogP contribution is 2.32. The number of halogens is 2. The second-order valence-electron chi connectivity index (χ2n) is 7.68. The van der Waals surface area contributed by atoms with E-state index in [9.17, 15) is 10.1 Å². The minimum Gasteiger partial charge on any atom is -0.490 e. The number of carbonyl (C=O) groups excluding carboxylic acids is 1. The van der Waals surface area contributed by atoms with Gasteiger partial charge in [0.05, 0.1) is 16.7 Å². The smallest absolute Gasteiger partial charge is 0.268 e. The van der Waals surface area contributed by atoms with Crippen LogP contribution in [0.5, 0.6) is 11.5 Å². The molecule has 3 aromatic rings. The molecule has 0 unspecified atom stereocenters. The molecular formula is C27H22Cl2N2O3. The van der Waals surface area contributed by atoms with Crippen LogP contribution in [0.1, 0.15) is 23.6 Å². The number of anilines is 1. The van der Waals surface area contributed by atoms with Crippen molar-refractivity contribution in [2.45, 2.75) is 20.0 Å². The second-order valence-corrected chi connectivity index (χ2v) is 8.50. The van der Waals surface area contributed by atoms with E-state index < -0.39 is 0 Å². The summed E-state index contributed by atoms with van der Waals surface area (Å²) in [5, 5.41) is 10.6. The van der Waals surface area contributed by atoms with E-state index in [0.717, 1.165) is 23.2 Å². The molecule has 34 heavy (non-hydrogen) atoms. The molecule has 0 N–H and O–H groups in total. The summed E-state index contributed by atoms with van der Waals surface area (Å²) >= 11 is 12.1. The van der Waals surface area contributed by atoms with Gasteiger partial charge in [0.2, 0.25) is 0 Å². The maximum Gasteiger partial charge on any atom is 0.268 e. The molecule has 4 rings (SSSR count). The maximum absolute atomic E-state index is 13.1. The SMILES string of the molecule is CCOc1cc(/C=C(\C#N)C(=O)N2CCc3ccccc32)ccc1OCc1ccc(Cl)c(Cl)c1. The molecule has 172 valence electrons. The molecule has 0 fully saturated rings. The number of benzene rings is 3. The van der Waals surface area contributed by atoms with Crippen LogP contribution in [0.3, 0.4) is 0 Å². The van der Waals surface area contributed by atoms with Crippen LogP contribution in [0.25, 0.3) is 6.08 Å². The number of para-hydroxylation sites is 1. The molecule has 1 amide bonds. The summed E-state index contributed by atoms with van der Waals surface area (Å²) in [6.07, 6.45) is 2.36. The molecule has 0 spiro atoms. The molecule has 3 aromatic carbocycles. The lowest BCUT2D eigenvalue weighted by atomic mass is 10.1. The number of nitriles is 1. The van der Waals surface area contributed by atoms with E-state index in [1.807, 2.05) is 37.3 Å². The summed E-state index contributed by atoms with van der Waals surface area (Å²) < 4.78 is 11.7. The van der Waals surface area contributed by atoms with E-state index in [4.69, 9.17) is 32.7 Å². The lowest BCUT2D eigenvalue weighted by Gasteiger charge is -2.17. The van der Waals surface area contributed by atoms with Crippen LogP contribution in [-0.4, -0.2) is 19.1 Å². The first-order valence-electron chi connectivity index (χ1n) is 10.8. The Balaban J connectivity index is 1.55. The molecule has 0 saturated carbocycles. The lowest BCUT2D eigenvalue weighted by molar-refractivity contribution is -0.114. The Hall–Kier alpha value is -3.46. The topological polar surface area (TPSA) is 62.6 Å². The monoisotopic (exact) mass is 492 g/mol. The van der Waals surface area contributed by atoms with E-state index >= 15 is 0 Å². The molecule has 0 bridgehead atoms. The van der Waals surface area contributed by atoms with Crippen molar-refractivity contribution in [2.75, 3.05) is 18.1 Å². The van der Waals surface area contributed by atoms with Gasteiger partial charge in [0.15, 0.2) is 11.5 Å². The normalized spacial score (nSPS) is 12.8. The first-order valence-corrected chi connectivity index (χ1v) is 11.6. The Morgan fingerprint density at radius 2 is 1.88 bits per heavy atom.